The van der Waals surface area contributed by atoms with Crippen LogP contribution >= 0.6 is 7.14 Å². The summed E-state index contributed by atoms with van der Waals surface area (Å²) in [5.74, 6) is 1.01. The number of hydrogen-bond donors (Lipinski definition) is 0. The number of rotatable bonds is 3. The van der Waals surface area contributed by atoms with Crippen LogP contribution in [0, 0.1) is 0 Å². The van der Waals surface area contributed by atoms with E-state index < -0.39 is 18.1 Å². The van der Waals surface area contributed by atoms with Gasteiger partial charge in [-0.25, -0.2) is 4.98 Å². The maximum atomic E-state index is 14.3. The molecule has 1 aromatic carbocycles. The normalized spacial score (nSPS) is 22.6. The summed E-state index contributed by atoms with van der Waals surface area (Å²) in [4.78, 5) is 4.46. The molecule has 2 atom stereocenters. The smallest absolute Gasteiger partial charge is 0.213 e. The molecular weight excluding hydrogens is 325 g/mol. The SMILES string of the molecule is COc1cccc([C@@H]2Oc3cccc(OC)c3P2(=O)C(C)(C)C)n1. The van der Waals surface area contributed by atoms with Crippen LogP contribution in [0.3, 0.4) is 0 Å². The average Bonchev–Trinajstić information content (AvgIpc) is 2.89. The lowest BCUT2D eigenvalue weighted by molar-refractivity contribution is 0.282. The van der Waals surface area contributed by atoms with Crippen LogP contribution in [0.2, 0.25) is 0 Å². The maximum absolute atomic E-state index is 14.3. The molecule has 0 saturated heterocycles. The fourth-order valence-electron chi connectivity index (χ4n) is 3.02. The highest BCUT2D eigenvalue weighted by atomic mass is 31.2. The van der Waals surface area contributed by atoms with Gasteiger partial charge in [-0.2, -0.15) is 0 Å². The molecule has 24 heavy (non-hydrogen) atoms. The molecule has 0 radical (unpaired) electrons. The Morgan fingerprint density at radius 1 is 1.08 bits per heavy atom. The van der Waals surface area contributed by atoms with Gasteiger partial charge in [0.05, 0.1) is 25.2 Å². The third-order valence-electron chi connectivity index (χ3n) is 4.29. The van der Waals surface area contributed by atoms with E-state index in [0.717, 1.165) is 0 Å². The van der Waals surface area contributed by atoms with Gasteiger partial charge in [0.15, 0.2) is 13.0 Å². The summed E-state index contributed by atoms with van der Waals surface area (Å²) < 4.78 is 31.1. The molecule has 2 aromatic rings. The molecule has 0 spiro atoms. The third-order valence-corrected chi connectivity index (χ3v) is 8.42. The summed E-state index contributed by atoms with van der Waals surface area (Å²) in [6, 6.07) is 10.9. The lowest BCUT2D eigenvalue weighted by Gasteiger charge is -2.32. The predicted octanol–water partition coefficient (Wildman–Crippen LogP) is 3.98. The molecular formula is C18H22NO4P. The zero-order valence-corrected chi connectivity index (χ0v) is 15.5. The van der Waals surface area contributed by atoms with Gasteiger partial charge in [-0.1, -0.05) is 32.9 Å². The van der Waals surface area contributed by atoms with Crippen LogP contribution in [0.5, 0.6) is 17.4 Å². The Labute approximate surface area is 142 Å². The molecule has 3 rings (SSSR count). The highest BCUT2D eigenvalue weighted by Crippen LogP contribution is 2.72. The van der Waals surface area contributed by atoms with Crippen molar-refractivity contribution in [3.8, 4) is 17.4 Å². The van der Waals surface area contributed by atoms with Gasteiger partial charge in [0.1, 0.15) is 11.5 Å². The zero-order valence-electron chi connectivity index (χ0n) is 14.6. The first-order chi connectivity index (χ1) is 11.3. The monoisotopic (exact) mass is 347 g/mol. The van der Waals surface area contributed by atoms with Gasteiger partial charge < -0.3 is 18.8 Å². The number of hydrogen-bond acceptors (Lipinski definition) is 5. The average molecular weight is 347 g/mol. The van der Waals surface area contributed by atoms with Crippen molar-refractivity contribution >= 4 is 12.4 Å². The second-order valence-corrected chi connectivity index (χ2v) is 10.3. The van der Waals surface area contributed by atoms with Crippen molar-refractivity contribution in [2.45, 2.75) is 31.8 Å². The van der Waals surface area contributed by atoms with Crippen molar-refractivity contribution in [3.05, 3.63) is 42.1 Å². The molecule has 6 heteroatoms. The number of fused-ring (bicyclic) bond motifs is 1. The molecule has 5 nitrogen and oxygen atoms in total. The maximum Gasteiger partial charge on any atom is 0.213 e. The van der Waals surface area contributed by atoms with E-state index in [2.05, 4.69) is 4.98 Å². The summed E-state index contributed by atoms with van der Waals surface area (Å²) in [5.41, 5.74) is 0.603. The minimum Gasteiger partial charge on any atom is -0.496 e. The van der Waals surface area contributed by atoms with E-state index in [1.54, 1.807) is 20.3 Å². The second kappa shape index (κ2) is 5.82. The number of aromatic nitrogens is 1. The third kappa shape index (κ3) is 2.39. The first-order valence-electron chi connectivity index (χ1n) is 7.78. The molecule has 0 bridgehead atoms. The number of nitrogens with zero attached hydrogens (tertiary/aromatic N) is 1. The zero-order chi connectivity index (χ0) is 17.5. The Balaban J connectivity index is 2.24. The number of methoxy groups -OCH3 is 2. The Morgan fingerprint density at radius 3 is 2.42 bits per heavy atom. The Kier molecular flexibility index (Phi) is 4.08. The van der Waals surface area contributed by atoms with Gasteiger partial charge in [0.25, 0.3) is 0 Å². The standard InChI is InChI=1S/C18H22NO4P/c1-18(2,3)24(20)16-13(21-4)9-7-10-14(16)23-17(24)12-8-6-11-15(19-12)22-5/h6-11,17H,1-5H3/t17-,24?/m1/s1. The van der Waals surface area contributed by atoms with Gasteiger partial charge in [-0.05, 0) is 18.2 Å². The molecule has 128 valence electrons. The van der Waals surface area contributed by atoms with Crippen LogP contribution in [0.15, 0.2) is 36.4 Å². The Bertz CT molecular complexity index is 813. The summed E-state index contributed by atoms with van der Waals surface area (Å²) in [6.07, 6.45) is 0. The van der Waals surface area contributed by atoms with Crippen LogP contribution in [0.4, 0.5) is 0 Å². The minimum absolute atomic E-state index is 0.472. The fraction of sp³-hybridized carbons (Fsp3) is 0.389. The van der Waals surface area contributed by atoms with E-state index in [1.807, 2.05) is 51.1 Å². The summed E-state index contributed by atoms with van der Waals surface area (Å²) >= 11 is 0. The van der Waals surface area contributed by atoms with Gasteiger partial charge in [-0.15, -0.1) is 0 Å². The molecule has 0 N–H and O–H groups in total. The van der Waals surface area contributed by atoms with E-state index in [1.165, 1.54) is 0 Å². The summed E-state index contributed by atoms with van der Waals surface area (Å²) in [7, 11) is 0.116. The van der Waals surface area contributed by atoms with Crippen LogP contribution in [0.25, 0.3) is 0 Å². The molecule has 0 saturated carbocycles. The molecule has 2 heterocycles. The van der Waals surface area contributed by atoms with Crippen LogP contribution in [-0.4, -0.2) is 24.4 Å². The molecule has 1 aromatic heterocycles. The quantitative estimate of drug-likeness (QED) is 0.786. The van der Waals surface area contributed by atoms with Crippen LogP contribution in [-0.2, 0) is 4.57 Å². The highest BCUT2D eigenvalue weighted by Gasteiger charge is 2.55. The highest BCUT2D eigenvalue weighted by molar-refractivity contribution is 7.74. The van der Waals surface area contributed by atoms with Gasteiger partial charge >= 0.3 is 0 Å². The van der Waals surface area contributed by atoms with Crippen molar-refractivity contribution in [1.29, 1.82) is 0 Å². The largest absolute Gasteiger partial charge is 0.496 e. The summed E-state index contributed by atoms with van der Waals surface area (Å²) in [6.45, 7) is 5.89. The van der Waals surface area contributed by atoms with Gasteiger partial charge in [-0.3, -0.25) is 0 Å². The number of benzene rings is 1. The molecule has 1 aliphatic rings. The van der Waals surface area contributed by atoms with E-state index >= 15 is 0 Å². The van der Waals surface area contributed by atoms with Crippen molar-refractivity contribution < 1.29 is 18.8 Å². The topological polar surface area (TPSA) is 57.7 Å². The van der Waals surface area contributed by atoms with Crippen molar-refractivity contribution in [1.82, 2.24) is 4.98 Å². The van der Waals surface area contributed by atoms with Crippen molar-refractivity contribution in [2.24, 2.45) is 0 Å². The van der Waals surface area contributed by atoms with Crippen molar-refractivity contribution in [2.75, 3.05) is 14.2 Å². The first kappa shape index (κ1) is 16.8. The van der Waals surface area contributed by atoms with Crippen molar-refractivity contribution in [3.63, 3.8) is 0 Å². The molecule has 0 aliphatic carbocycles. The number of pyridine rings is 1. The molecule has 1 unspecified atom stereocenters. The lowest BCUT2D eigenvalue weighted by atomic mass is 10.2. The second-order valence-electron chi connectivity index (χ2n) is 6.71. The number of ether oxygens (including phenoxy) is 3. The molecule has 0 fully saturated rings. The van der Waals surface area contributed by atoms with Gasteiger partial charge in [0, 0.05) is 11.2 Å². The fourth-order valence-corrected chi connectivity index (χ4v) is 6.35. The molecule has 1 aliphatic heterocycles. The molecule has 0 amide bonds. The van der Waals surface area contributed by atoms with E-state index in [0.29, 0.717) is 28.4 Å². The predicted molar refractivity (Wildman–Crippen MR) is 94.1 cm³/mol. The summed E-state index contributed by atoms with van der Waals surface area (Å²) in [5, 5.41) is 0.150. The van der Waals surface area contributed by atoms with E-state index in [9.17, 15) is 4.57 Å². The van der Waals surface area contributed by atoms with Crippen LogP contribution < -0.4 is 19.5 Å². The van der Waals surface area contributed by atoms with Gasteiger partial charge in [0.2, 0.25) is 5.88 Å². The lowest BCUT2D eigenvalue weighted by Crippen LogP contribution is -2.25. The minimum atomic E-state index is -3.03. The van der Waals surface area contributed by atoms with E-state index in [4.69, 9.17) is 14.2 Å². The Morgan fingerprint density at radius 2 is 1.79 bits per heavy atom. The first-order valence-corrected chi connectivity index (χ1v) is 9.55. The van der Waals surface area contributed by atoms with E-state index in [-0.39, 0.29) is 0 Å². The Hall–Kier alpha value is -2.00. The van der Waals surface area contributed by atoms with Crippen LogP contribution in [0.1, 0.15) is 32.3 Å².